The maximum absolute atomic E-state index is 6.69. The predicted molar refractivity (Wildman–Crippen MR) is 159 cm³/mol. The highest BCUT2D eigenvalue weighted by Crippen LogP contribution is 2.58. The number of hydrogen-bond acceptors (Lipinski definition) is 6. The Morgan fingerprint density at radius 2 is 1.23 bits per heavy atom. The minimum atomic E-state index is -0.218. The first kappa shape index (κ1) is 20.1. The van der Waals surface area contributed by atoms with E-state index in [-0.39, 0.29) is 6.98 Å². The first-order valence-electron chi connectivity index (χ1n) is 13.0. The van der Waals surface area contributed by atoms with E-state index in [4.69, 9.17) is 13.3 Å². The van der Waals surface area contributed by atoms with E-state index in [1.165, 1.54) is 20.4 Å². The number of rotatable bonds is 1. The summed E-state index contributed by atoms with van der Waals surface area (Å²) in [7, 11) is 0. The fraction of sp³-hybridized carbons (Fsp3) is 0. The maximum atomic E-state index is 6.69. The Kier molecular flexibility index (Phi) is 3.59. The second kappa shape index (κ2) is 6.95. The van der Waals surface area contributed by atoms with E-state index >= 15 is 0 Å². The fourth-order valence-corrected chi connectivity index (χ4v) is 7.76. The normalized spacial score (nSPS) is 14.0. The van der Waals surface area contributed by atoms with E-state index in [2.05, 4.69) is 70.3 Å². The van der Waals surface area contributed by atoms with E-state index in [0.29, 0.717) is 0 Å². The summed E-state index contributed by atoms with van der Waals surface area (Å²) >= 11 is 1.83. The molecule has 7 heteroatoms. The van der Waals surface area contributed by atoms with Gasteiger partial charge in [0, 0.05) is 42.7 Å². The second-order valence-electron chi connectivity index (χ2n) is 10.1. The zero-order chi connectivity index (χ0) is 25.2. The van der Waals surface area contributed by atoms with E-state index in [9.17, 15) is 0 Å². The van der Waals surface area contributed by atoms with Crippen LogP contribution in [-0.4, -0.2) is 6.98 Å². The number of furan rings is 3. The first-order valence-corrected chi connectivity index (χ1v) is 13.8. The van der Waals surface area contributed by atoms with Crippen LogP contribution in [0.2, 0.25) is 0 Å². The number of thiophene rings is 1. The van der Waals surface area contributed by atoms with Crippen LogP contribution < -0.4 is 14.4 Å². The fourth-order valence-electron chi connectivity index (χ4n) is 6.47. The summed E-state index contributed by atoms with van der Waals surface area (Å²) in [6.07, 6.45) is 0. The maximum Gasteiger partial charge on any atom is 0.439 e. The number of para-hydroxylation sites is 3. The Bertz CT molecular complexity index is 2260. The minimum absolute atomic E-state index is 0.218. The molecule has 4 aromatic carbocycles. The molecule has 2 aliphatic rings. The van der Waals surface area contributed by atoms with Crippen molar-refractivity contribution in [1.82, 2.24) is 0 Å². The summed E-state index contributed by atoms with van der Waals surface area (Å²) in [6.45, 7) is -0.218. The lowest BCUT2D eigenvalue weighted by Crippen LogP contribution is -2.54. The second-order valence-corrected chi connectivity index (χ2v) is 11.2. The van der Waals surface area contributed by atoms with Crippen LogP contribution >= 0.6 is 11.3 Å². The van der Waals surface area contributed by atoms with E-state index in [1.807, 2.05) is 53.8 Å². The molecule has 0 unspecified atom stereocenters. The molecule has 0 bridgehead atoms. The van der Waals surface area contributed by atoms with Crippen LogP contribution in [0.25, 0.3) is 54.1 Å². The van der Waals surface area contributed by atoms with Gasteiger partial charge >= 0.3 is 6.98 Å². The largest absolute Gasteiger partial charge is 0.441 e. The van der Waals surface area contributed by atoms with Gasteiger partial charge in [-0.3, -0.25) is 4.81 Å². The highest BCUT2D eigenvalue weighted by Gasteiger charge is 2.55. The molecule has 0 atom stereocenters. The molecule has 0 spiro atoms. The summed E-state index contributed by atoms with van der Waals surface area (Å²) in [6, 6.07) is 35.5. The van der Waals surface area contributed by atoms with Crippen molar-refractivity contribution in [2.45, 2.75) is 0 Å². The number of anilines is 4. The van der Waals surface area contributed by atoms with Crippen LogP contribution in [0.15, 0.2) is 116 Å². The van der Waals surface area contributed by atoms with Crippen molar-refractivity contribution in [3.05, 3.63) is 103 Å². The number of fused-ring (bicyclic) bond motifs is 15. The van der Waals surface area contributed by atoms with Crippen molar-refractivity contribution in [2.75, 3.05) is 9.62 Å². The summed E-state index contributed by atoms with van der Waals surface area (Å²) in [5, 5.41) is 4.46. The Morgan fingerprint density at radius 1 is 0.564 bits per heavy atom. The molecule has 2 aliphatic heterocycles. The summed E-state index contributed by atoms with van der Waals surface area (Å²) in [5.41, 5.74) is 5.90. The van der Waals surface area contributed by atoms with Gasteiger partial charge in [0.05, 0.1) is 5.56 Å². The average molecular weight is 520 g/mol. The number of nitrogens with zero attached hydrogens (tertiary/aromatic N) is 2. The van der Waals surface area contributed by atoms with Gasteiger partial charge in [0.1, 0.15) is 22.4 Å². The van der Waals surface area contributed by atoms with Crippen LogP contribution in [0, 0.1) is 0 Å². The van der Waals surface area contributed by atoms with Crippen molar-refractivity contribution in [2.24, 2.45) is 0 Å². The molecule has 8 aromatic rings. The van der Waals surface area contributed by atoms with Crippen molar-refractivity contribution in [1.29, 1.82) is 0 Å². The molecule has 0 radical (unpaired) electrons. The van der Waals surface area contributed by atoms with E-state index in [0.717, 1.165) is 61.8 Å². The smallest absolute Gasteiger partial charge is 0.439 e. The molecule has 39 heavy (non-hydrogen) atoms. The van der Waals surface area contributed by atoms with Crippen LogP contribution in [0.1, 0.15) is 0 Å². The first-order chi connectivity index (χ1) is 19.3. The molecule has 0 saturated heterocycles. The minimum Gasteiger partial charge on any atom is -0.441 e. The molecule has 0 saturated carbocycles. The monoisotopic (exact) mass is 520 g/mol. The third-order valence-corrected chi connectivity index (χ3v) is 9.26. The number of benzene rings is 4. The summed E-state index contributed by atoms with van der Waals surface area (Å²) < 4.78 is 22.4. The molecule has 5 nitrogen and oxygen atoms in total. The summed E-state index contributed by atoms with van der Waals surface area (Å²) in [5.74, 6) is 2.35. The van der Waals surface area contributed by atoms with Gasteiger partial charge in [-0.1, -0.05) is 66.7 Å². The van der Waals surface area contributed by atoms with Crippen LogP contribution in [0.5, 0.6) is 0 Å². The van der Waals surface area contributed by atoms with Gasteiger partial charge < -0.3 is 18.1 Å². The lowest BCUT2D eigenvalue weighted by molar-refractivity contribution is 0.592. The average Bonchev–Trinajstić information content (AvgIpc) is 3.77. The van der Waals surface area contributed by atoms with Crippen molar-refractivity contribution in [3.63, 3.8) is 0 Å². The van der Waals surface area contributed by atoms with Gasteiger partial charge in [-0.05, 0) is 30.3 Å². The zero-order valence-electron chi connectivity index (χ0n) is 20.4. The lowest BCUT2D eigenvalue weighted by atomic mass is 9.65. The predicted octanol–water partition coefficient (Wildman–Crippen LogP) is 8.81. The van der Waals surface area contributed by atoms with Gasteiger partial charge in [-0.25, -0.2) is 0 Å². The van der Waals surface area contributed by atoms with E-state index in [1.54, 1.807) is 0 Å². The van der Waals surface area contributed by atoms with Crippen LogP contribution in [0.4, 0.5) is 23.3 Å². The third-order valence-electron chi connectivity index (χ3n) is 8.05. The molecular weight excluding hydrogens is 503 g/mol. The number of hydrogen-bond donors (Lipinski definition) is 0. The Labute approximate surface area is 226 Å². The van der Waals surface area contributed by atoms with Gasteiger partial charge in [0.15, 0.2) is 5.88 Å². The third kappa shape index (κ3) is 2.42. The highest BCUT2D eigenvalue weighted by molar-refractivity contribution is 7.31. The molecule has 6 heterocycles. The zero-order valence-corrected chi connectivity index (χ0v) is 21.2. The molecule has 182 valence electrons. The molecule has 0 aliphatic carbocycles. The van der Waals surface area contributed by atoms with Gasteiger partial charge in [0.2, 0.25) is 11.8 Å². The van der Waals surface area contributed by atoms with Crippen molar-refractivity contribution >= 4 is 89.4 Å². The Morgan fingerprint density at radius 3 is 2.08 bits per heavy atom. The van der Waals surface area contributed by atoms with Gasteiger partial charge in [0.25, 0.3) is 0 Å². The highest BCUT2D eigenvalue weighted by atomic mass is 32.1. The molecular formula is C32H17BN2O3S. The lowest BCUT2D eigenvalue weighted by Gasteiger charge is -2.30. The molecule has 0 fully saturated rings. The van der Waals surface area contributed by atoms with Gasteiger partial charge in [-0.15, -0.1) is 11.3 Å². The topological polar surface area (TPSA) is 45.9 Å². The summed E-state index contributed by atoms with van der Waals surface area (Å²) in [4.78, 5) is 4.53. The van der Waals surface area contributed by atoms with E-state index < -0.39 is 0 Å². The van der Waals surface area contributed by atoms with Gasteiger partial charge in [-0.2, -0.15) is 0 Å². The Balaban J connectivity index is 1.37. The van der Waals surface area contributed by atoms with Crippen molar-refractivity contribution < 1.29 is 13.3 Å². The molecule has 0 amide bonds. The SMILES string of the molecule is c1ccc2oc(N3B4c5sc6ccccc6c5-c5c(oc6ccccc56)N4c4oc5ccccc5c43)cc2c1. The quantitative estimate of drug-likeness (QED) is 0.203. The van der Waals surface area contributed by atoms with Crippen LogP contribution in [0.3, 0.4) is 0 Å². The van der Waals surface area contributed by atoms with Crippen LogP contribution in [-0.2, 0) is 0 Å². The molecule has 10 rings (SSSR count). The molecule has 4 aromatic heterocycles. The van der Waals surface area contributed by atoms with Crippen molar-refractivity contribution in [3.8, 4) is 11.1 Å². The standard InChI is InChI=1S/C32H17BN2O3S/c1-5-13-22-18(9-1)17-26(36-22)34-29-20-11-3-7-15-24(20)38-32(29)35-31-28(19-10-2-6-14-23(19)37-31)27-21-12-4-8-16-25(21)39-30(27)33(34)35/h1-17H. The Hall–Kier alpha value is -4.88. The molecule has 0 N–H and O–H groups in total.